The second kappa shape index (κ2) is 6.80. The van der Waals surface area contributed by atoms with Crippen LogP contribution in [-0.2, 0) is 11.3 Å². The van der Waals surface area contributed by atoms with Gasteiger partial charge < -0.3 is 9.64 Å². The number of hydrogen-bond donors (Lipinski definition) is 0. The van der Waals surface area contributed by atoms with Gasteiger partial charge in [0, 0.05) is 32.1 Å². The first-order valence-electron chi connectivity index (χ1n) is 9.57. The van der Waals surface area contributed by atoms with Crippen molar-refractivity contribution in [2.24, 2.45) is 5.41 Å². The summed E-state index contributed by atoms with van der Waals surface area (Å²) < 4.78 is 32.8. The third-order valence-electron chi connectivity index (χ3n) is 6.26. The lowest BCUT2D eigenvalue weighted by atomic mass is 9.91. The van der Waals surface area contributed by atoms with Crippen molar-refractivity contribution < 1.29 is 18.3 Å². The van der Waals surface area contributed by atoms with Crippen LogP contribution in [0.2, 0.25) is 0 Å². The Morgan fingerprint density at radius 1 is 1.15 bits per heavy atom. The van der Waals surface area contributed by atoms with Crippen LogP contribution in [0.5, 0.6) is 0 Å². The molecule has 1 aromatic carbocycles. The largest absolute Gasteiger partial charge is 0.445 e. The molecule has 1 amide bonds. The smallest absolute Gasteiger partial charge is 0.410 e. The van der Waals surface area contributed by atoms with Gasteiger partial charge in [0.05, 0.1) is 5.41 Å². The van der Waals surface area contributed by atoms with Gasteiger partial charge >= 0.3 is 6.09 Å². The number of rotatable bonds is 3. The molecule has 1 saturated carbocycles. The van der Waals surface area contributed by atoms with Gasteiger partial charge in [-0.1, -0.05) is 30.3 Å². The molecule has 142 valence electrons. The maximum atomic E-state index is 13.7. The summed E-state index contributed by atoms with van der Waals surface area (Å²) in [5.41, 5.74) is 0.219. The van der Waals surface area contributed by atoms with Gasteiger partial charge in [-0.15, -0.1) is 0 Å². The molecule has 3 aliphatic rings. The summed E-state index contributed by atoms with van der Waals surface area (Å²) in [4.78, 5) is 16.2. The van der Waals surface area contributed by atoms with Crippen LogP contribution in [0.15, 0.2) is 30.3 Å². The van der Waals surface area contributed by atoms with Crippen LogP contribution < -0.4 is 0 Å². The zero-order valence-corrected chi connectivity index (χ0v) is 15.0. The highest BCUT2D eigenvalue weighted by Crippen LogP contribution is 2.64. The molecule has 26 heavy (non-hydrogen) atoms. The lowest BCUT2D eigenvalue weighted by Crippen LogP contribution is -2.50. The maximum Gasteiger partial charge on any atom is 0.410 e. The van der Waals surface area contributed by atoms with Gasteiger partial charge in [0.1, 0.15) is 6.61 Å². The van der Waals surface area contributed by atoms with E-state index in [0.29, 0.717) is 32.1 Å². The van der Waals surface area contributed by atoms with Crippen molar-refractivity contribution in [1.29, 1.82) is 0 Å². The van der Waals surface area contributed by atoms with Crippen LogP contribution in [0, 0.1) is 5.41 Å². The summed E-state index contributed by atoms with van der Waals surface area (Å²) >= 11 is 0. The molecule has 2 aliphatic heterocycles. The lowest BCUT2D eigenvalue weighted by Gasteiger charge is -2.42. The fourth-order valence-corrected chi connectivity index (χ4v) is 4.53. The third kappa shape index (κ3) is 3.43. The Hall–Kier alpha value is -1.69. The summed E-state index contributed by atoms with van der Waals surface area (Å²) in [6.07, 6.45) is 2.96. The Bertz CT molecular complexity index is 646. The molecule has 0 aromatic heterocycles. The Kier molecular flexibility index (Phi) is 4.63. The molecule has 0 N–H and O–H groups in total. The second-order valence-electron chi connectivity index (χ2n) is 7.99. The molecule has 4 rings (SSSR count). The van der Waals surface area contributed by atoms with E-state index < -0.39 is 11.3 Å². The first-order chi connectivity index (χ1) is 12.5. The van der Waals surface area contributed by atoms with Crippen molar-refractivity contribution in [2.45, 2.75) is 50.7 Å². The van der Waals surface area contributed by atoms with Crippen LogP contribution in [-0.4, -0.2) is 54.0 Å². The molecule has 1 aliphatic carbocycles. The van der Waals surface area contributed by atoms with Crippen LogP contribution in [0.25, 0.3) is 0 Å². The van der Waals surface area contributed by atoms with E-state index in [-0.39, 0.29) is 19.1 Å². The van der Waals surface area contributed by atoms with E-state index in [1.807, 2.05) is 30.3 Å². The summed E-state index contributed by atoms with van der Waals surface area (Å²) in [5, 5.41) is 0. The van der Waals surface area contributed by atoms with Crippen molar-refractivity contribution in [1.82, 2.24) is 9.80 Å². The van der Waals surface area contributed by atoms with E-state index >= 15 is 0 Å². The second-order valence-corrected chi connectivity index (χ2v) is 7.99. The van der Waals surface area contributed by atoms with Gasteiger partial charge in [-0.25, -0.2) is 13.6 Å². The highest BCUT2D eigenvalue weighted by Gasteiger charge is 2.71. The normalized spacial score (nSPS) is 28.9. The summed E-state index contributed by atoms with van der Waals surface area (Å²) in [6.45, 7) is 2.98. The zero-order valence-electron chi connectivity index (χ0n) is 15.0. The van der Waals surface area contributed by atoms with Crippen molar-refractivity contribution in [3.63, 3.8) is 0 Å². The minimum absolute atomic E-state index is 0.0567. The first kappa shape index (κ1) is 17.7. The van der Waals surface area contributed by atoms with Crippen LogP contribution >= 0.6 is 0 Å². The Morgan fingerprint density at radius 3 is 2.50 bits per heavy atom. The number of piperidine rings is 2. The van der Waals surface area contributed by atoms with Crippen LogP contribution in [0.3, 0.4) is 0 Å². The number of likely N-dealkylation sites (tertiary alicyclic amines) is 2. The Labute approximate surface area is 153 Å². The van der Waals surface area contributed by atoms with Gasteiger partial charge in [-0.2, -0.15) is 0 Å². The molecule has 1 aromatic rings. The number of amides is 1. The first-order valence-corrected chi connectivity index (χ1v) is 9.57. The van der Waals surface area contributed by atoms with E-state index in [9.17, 15) is 13.6 Å². The molecule has 1 atom stereocenters. The van der Waals surface area contributed by atoms with Crippen molar-refractivity contribution in [3.8, 4) is 0 Å². The number of benzene rings is 1. The number of carbonyl (C=O) groups excluding carboxylic acids is 1. The van der Waals surface area contributed by atoms with Crippen molar-refractivity contribution in [3.05, 3.63) is 35.9 Å². The average molecular weight is 364 g/mol. The maximum absolute atomic E-state index is 13.7. The molecule has 0 radical (unpaired) electrons. The minimum atomic E-state index is -2.46. The molecule has 3 fully saturated rings. The van der Waals surface area contributed by atoms with Gasteiger partial charge in [0.25, 0.3) is 5.92 Å². The van der Waals surface area contributed by atoms with E-state index in [4.69, 9.17) is 4.74 Å². The van der Waals surface area contributed by atoms with Crippen LogP contribution in [0.4, 0.5) is 13.6 Å². The standard InChI is InChI=1S/C20H26F2N2O2/c21-20(22)14-19(20)9-4-10-24(15-19)17-7-11-23(12-8-17)18(25)26-13-16-5-2-1-3-6-16/h1-3,5-6,17H,4,7-15H2. The molecular weight excluding hydrogens is 338 g/mol. The fourth-order valence-electron chi connectivity index (χ4n) is 4.53. The van der Waals surface area contributed by atoms with Gasteiger partial charge in [-0.05, 0) is 37.8 Å². The number of hydrogen-bond acceptors (Lipinski definition) is 3. The number of nitrogens with zero attached hydrogens (tertiary/aromatic N) is 2. The zero-order chi connectivity index (χ0) is 18.2. The van der Waals surface area contributed by atoms with Gasteiger partial charge in [-0.3, -0.25) is 4.90 Å². The monoisotopic (exact) mass is 364 g/mol. The molecule has 1 spiro atoms. The predicted molar refractivity (Wildman–Crippen MR) is 94.0 cm³/mol. The Balaban J connectivity index is 1.24. The van der Waals surface area contributed by atoms with Crippen LogP contribution in [0.1, 0.15) is 37.7 Å². The summed E-state index contributed by atoms with van der Waals surface area (Å²) in [6, 6.07) is 9.94. The molecule has 2 heterocycles. The SMILES string of the molecule is O=C(OCc1ccccc1)N1CCC(N2CCCC3(C2)CC3(F)F)CC1. The third-order valence-corrected chi connectivity index (χ3v) is 6.26. The molecule has 6 heteroatoms. The highest BCUT2D eigenvalue weighted by molar-refractivity contribution is 5.67. The van der Waals surface area contributed by atoms with Gasteiger partial charge in [0.15, 0.2) is 0 Å². The molecular formula is C20H26F2N2O2. The molecule has 0 bridgehead atoms. The fraction of sp³-hybridized carbons (Fsp3) is 0.650. The number of ether oxygens (including phenoxy) is 1. The minimum Gasteiger partial charge on any atom is -0.445 e. The number of carbonyl (C=O) groups is 1. The Morgan fingerprint density at radius 2 is 1.85 bits per heavy atom. The van der Waals surface area contributed by atoms with E-state index in [0.717, 1.165) is 31.4 Å². The number of halogens is 2. The van der Waals surface area contributed by atoms with E-state index in [2.05, 4.69) is 4.90 Å². The highest BCUT2D eigenvalue weighted by atomic mass is 19.3. The average Bonchev–Trinajstić information content (AvgIpc) is 3.19. The molecule has 2 saturated heterocycles. The topological polar surface area (TPSA) is 32.8 Å². The molecule has 1 unspecified atom stereocenters. The van der Waals surface area contributed by atoms with E-state index in [1.165, 1.54) is 0 Å². The van der Waals surface area contributed by atoms with E-state index in [1.54, 1.807) is 4.90 Å². The predicted octanol–water partition coefficient (Wildman–Crippen LogP) is 3.91. The summed E-state index contributed by atoms with van der Waals surface area (Å²) in [5.74, 6) is -2.46. The van der Waals surface area contributed by atoms with Crippen molar-refractivity contribution in [2.75, 3.05) is 26.2 Å². The van der Waals surface area contributed by atoms with Crippen molar-refractivity contribution >= 4 is 6.09 Å². The molecule has 4 nitrogen and oxygen atoms in total. The lowest BCUT2D eigenvalue weighted by molar-refractivity contribution is 0.00114. The van der Waals surface area contributed by atoms with Gasteiger partial charge in [0.2, 0.25) is 0 Å². The number of alkyl halides is 2. The summed E-state index contributed by atoms with van der Waals surface area (Å²) in [7, 11) is 0. The quantitative estimate of drug-likeness (QED) is 0.815.